The topological polar surface area (TPSA) is 113 Å². The molecule has 1 aromatic carbocycles. The minimum atomic E-state index is -3.54. The first-order chi connectivity index (χ1) is 12.7. The highest BCUT2D eigenvalue weighted by molar-refractivity contribution is 7.89. The molecule has 3 N–H and O–H groups in total. The maximum atomic E-state index is 12.5. The summed E-state index contributed by atoms with van der Waals surface area (Å²) < 4.78 is 26.5. The lowest BCUT2D eigenvalue weighted by Crippen LogP contribution is -2.41. The van der Waals surface area contributed by atoms with Gasteiger partial charge in [-0.05, 0) is 31.2 Å². The molecule has 1 aromatic rings. The molecule has 1 saturated heterocycles. The number of amides is 2. The van der Waals surface area contributed by atoms with Gasteiger partial charge in [0.2, 0.25) is 21.8 Å². The molecule has 1 unspecified atom stereocenters. The minimum Gasteiger partial charge on any atom is -0.352 e. The van der Waals surface area contributed by atoms with Crippen LogP contribution in [-0.2, 0) is 19.6 Å². The number of halogens is 1. The van der Waals surface area contributed by atoms with Crippen LogP contribution in [0.4, 0.5) is 5.69 Å². The molecule has 0 saturated carbocycles. The second kappa shape index (κ2) is 10.2. The summed E-state index contributed by atoms with van der Waals surface area (Å²) in [5.41, 5.74) is 6.09. The highest BCUT2D eigenvalue weighted by Gasteiger charge is 2.35. The van der Waals surface area contributed by atoms with Crippen LogP contribution in [0.2, 0.25) is 0 Å². The summed E-state index contributed by atoms with van der Waals surface area (Å²) >= 11 is 0. The van der Waals surface area contributed by atoms with Crippen LogP contribution < -0.4 is 16.0 Å². The number of nitrogens with one attached hydrogen (secondary N) is 1. The van der Waals surface area contributed by atoms with Crippen LogP contribution in [-0.4, -0.2) is 56.8 Å². The Morgan fingerprint density at radius 1 is 1.29 bits per heavy atom. The van der Waals surface area contributed by atoms with E-state index in [1.165, 1.54) is 21.3 Å². The van der Waals surface area contributed by atoms with E-state index < -0.39 is 15.9 Å². The Labute approximate surface area is 172 Å². The molecule has 1 aliphatic rings. The number of carbonyl (C=O) groups excluding carboxylic acids is 2. The van der Waals surface area contributed by atoms with Crippen LogP contribution in [0.25, 0.3) is 0 Å². The van der Waals surface area contributed by atoms with E-state index >= 15 is 0 Å². The smallest absolute Gasteiger partial charge is 0.243 e. The van der Waals surface area contributed by atoms with Gasteiger partial charge in [-0.3, -0.25) is 9.59 Å². The van der Waals surface area contributed by atoms with Crippen LogP contribution in [0.15, 0.2) is 29.2 Å². The number of nitrogens with two attached hydrogens (primary N) is 1. The SMILES string of the molecule is CCN(CC)S(=O)(=O)c1ccc(N2CC(C(=O)N[C@@H](C)CN)CC2=O)cc1.Cl. The molecule has 2 rings (SSSR count). The molecule has 2 atom stereocenters. The van der Waals surface area contributed by atoms with Crippen molar-refractivity contribution in [2.24, 2.45) is 11.7 Å². The predicted molar refractivity (Wildman–Crippen MR) is 111 cm³/mol. The van der Waals surface area contributed by atoms with Crippen LogP contribution in [0, 0.1) is 5.92 Å². The second-order valence-electron chi connectivity index (χ2n) is 6.63. The van der Waals surface area contributed by atoms with Crippen molar-refractivity contribution in [1.82, 2.24) is 9.62 Å². The van der Waals surface area contributed by atoms with Gasteiger partial charge in [-0.2, -0.15) is 4.31 Å². The number of sulfonamides is 1. The third kappa shape index (κ3) is 5.22. The van der Waals surface area contributed by atoms with Gasteiger partial charge >= 0.3 is 0 Å². The van der Waals surface area contributed by atoms with Crippen molar-refractivity contribution >= 4 is 39.9 Å². The zero-order valence-corrected chi connectivity index (χ0v) is 18.1. The Hall–Kier alpha value is -1.68. The van der Waals surface area contributed by atoms with E-state index in [0.717, 1.165) is 0 Å². The fraction of sp³-hybridized carbons (Fsp3) is 0.556. The standard InChI is InChI=1S/C18H28N4O4S.ClH/c1-4-21(5-2)27(25,26)16-8-6-15(7-9-16)22-12-14(10-17(22)23)18(24)20-13(3)11-19;/h6-9,13-14H,4-5,10-12,19H2,1-3H3,(H,20,24);1H/t13-,14?;/m0./s1. The molecular weight excluding hydrogens is 404 g/mol. The molecule has 2 amide bonds. The zero-order chi connectivity index (χ0) is 20.2. The first-order valence-electron chi connectivity index (χ1n) is 9.15. The summed E-state index contributed by atoms with van der Waals surface area (Å²) in [4.78, 5) is 26.3. The van der Waals surface area contributed by atoms with Crippen LogP contribution in [0.1, 0.15) is 27.2 Å². The zero-order valence-electron chi connectivity index (χ0n) is 16.4. The van der Waals surface area contributed by atoms with E-state index in [-0.39, 0.29) is 48.1 Å². The van der Waals surface area contributed by atoms with E-state index in [1.807, 2.05) is 6.92 Å². The van der Waals surface area contributed by atoms with Crippen molar-refractivity contribution in [2.75, 3.05) is 31.1 Å². The summed E-state index contributed by atoms with van der Waals surface area (Å²) in [6.45, 7) is 6.76. The van der Waals surface area contributed by atoms with Gasteiger partial charge in [0.25, 0.3) is 0 Å². The normalized spacial score (nSPS) is 18.1. The Bertz CT molecular complexity index is 781. The maximum Gasteiger partial charge on any atom is 0.243 e. The Kier molecular flexibility index (Phi) is 8.87. The van der Waals surface area contributed by atoms with Gasteiger partial charge in [0.05, 0.1) is 10.8 Å². The van der Waals surface area contributed by atoms with Gasteiger partial charge in [0.15, 0.2) is 0 Å². The fourth-order valence-corrected chi connectivity index (χ4v) is 4.52. The molecule has 1 fully saturated rings. The highest BCUT2D eigenvalue weighted by Crippen LogP contribution is 2.27. The lowest BCUT2D eigenvalue weighted by Gasteiger charge is -2.20. The molecule has 0 spiro atoms. The van der Waals surface area contributed by atoms with Gasteiger partial charge < -0.3 is 16.0 Å². The van der Waals surface area contributed by atoms with Crippen LogP contribution in [0.3, 0.4) is 0 Å². The van der Waals surface area contributed by atoms with E-state index in [9.17, 15) is 18.0 Å². The monoisotopic (exact) mass is 432 g/mol. The van der Waals surface area contributed by atoms with Gasteiger partial charge in [-0.1, -0.05) is 13.8 Å². The van der Waals surface area contributed by atoms with Crippen molar-refractivity contribution in [2.45, 2.75) is 38.1 Å². The van der Waals surface area contributed by atoms with Crippen molar-refractivity contribution in [3.63, 3.8) is 0 Å². The molecule has 0 radical (unpaired) electrons. The molecule has 158 valence electrons. The van der Waals surface area contributed by atoms with E-state index in [2.05, 4.69) is 5.32 Å². The first-order valence-corrected chi connectivity index (χ1v) is 10.6. The van der Waals surface area contributed by atoms with Gasteiger partial charge in [-0.25, -0.2) is 8.42 Å². The van der Waals surface area contributed by atoms with E-state index in [4.69, 9.17) is 5.73 Å². The van der Waals surface area contributed by atoms with Crippen molar-refractivity contribution in [1.29, 1.82) is 0 Å². The molecular formula is C18H29ClN4O4S. The average Bonchev–Trinajstić information content (AvgIpc) is 3.04. The summed E-state index contributed by atoms with van der Waals surface area (Å²) in [6.07, 6.45) is 0.128. The predicted octanol–water partition coefficient (Wildman–Crippen LogP) is 0.955. The van der Waals surface area contributed by atoms with Gasteiger partial charge in [-0.15, -0.1) is 12.4 Å². The number of benzene rings is 1. The van der Waals surface area contributed by atoms with Crippen molar-refractivity contribution < 1.29 is 18.0 Å². The number of rotatable bonds is 8. The van der Waals surface area contributed by atoms with Gasteiger partial charge in [0.1, 0.15) is 0 Å². The Balaban J connectivity index is 0.00000392. The molecule has 1 heterocycles. The van der Waals surface area contributed by atoms with E-state index in [1.54, 1.807) is 26.0 Å². The summed E-state index contributed by atoms with van der Waals surface area (Å²) in [6, 6.07) is 6.07. The molecule has 1 aliphatic heterocycles. The van der Waals surface area contributed by atoms with Crippen LogP contribution in [0.5, 0.6) is 0 Å². The van der Waals surface area contributed by atoms with E-state index in [0.29, 0.717) is 25.3 Å². The largest absolute Gasteiger partial charge is 0.352 e. The molecule has 8 nitrogen and oxygen atoms in total. The fourth-order valence-electron chi connectivity index (χ4n) is 3.06. The van der Waals surface area contributed by atoms with Crippen LogP contribution >= 0.6 is 12.4 Å². The molecule has 0 aromatic heterocycles. The van der Waals surface area contributed by atoms with Crippen molar-refractivity contribution in [3.05, 3.63) is 24.3 Å². The first kappa shape index (κ1) is 24.4. The van der Waals surface area contributed by atoms with Gasteiger partial charge in [0, 0.05) is 44.3 Å². The lowest BCUT2D eigenvalue weighted by atomic mass is 10.1. The lowest BCUT2D eigenvalue weighted by molar-refractivity contribution is -0.126. The summed E-state index contributed by atoms with van der Waals surface area (Å²) in [7, 11) is -3.54. The molecule has 28 heavy (non-hydrogen) atoms. The molecule has 0 aliphatic carbocycles. The summed E-state index contributed by atoms with van der Waals surface area (Å²) in [5.74, 6) is -0.787. The minimum absolute atomic E-state index is 0. The number of hydrogen-bond acceptors (Lipinski definition) is 5. The summed E-state index contributed by atoms with van der Waals surface area (Å²) in [5, 5.41) is 2.79. The highest BCUT2D eigenvalue weighted by atomic mass is 35.5. The maximum absolute atomic E-state index is 12.5. The number of carbonyl (C=O) groups is 2. The van der Waals surface area contributed by atoms with Crippen molar-refractivity contribution in [3.8, 4) is 0 Å². The molecule has 10 heteroatoms. The average molecular weight is 433 g/mol. The third-order valence-electron chi connectivity index (χ3n) is 4.73. The third-order valence-corrected chi connectivity index (χ3v) is 6.79. The Morgan fingerprint density at radius 2 is 1.86 bits per heavy atom. The Morgan fingerprint density at radius 3 is 2.36 bits per heavy atom. The second-order valence-corrected chi connectivity index (χ2v) is 8.57. The number of hydrogen-bond donors (Lipinski definition) is 2. The number of anilines is 1. The number of nitrogens with zero attached hydrogens (tertiary/aromatic N) is 2. The molecule has 0 bridgehead atoms. The quantitative estimate of drug-likeness (QED) is 0.635.